The third-order valence-corrected chi connectivity index (χ3v) is 3.89. The second kappa shape index (κ2) is 10.9. The first kappa shape index (κ1) is 23.8. The molecule has 3 amide bonds. The molecule has 11 heteroatoms. The number of hydrogen-bond acceptors (Lipinski definition) is 6. The second-order valence-electron chi connectivity index (χ2n) is 7.20. The van der Waals surface area contributed by atoms with Gasteiger partial charge in [0.2, 0.25) is 5.91 Å². The number of hydrogen-bond donors (Lipinski definition) is 3. The van der Waals surface area contributed by atoms with Crippen LogP contribution in [0.3, 0.4) is 0 Å². The standard InChI is InChI=1S/C7H10N2O.C6H10N2O2.C5H9N3O/c1-5(2)6-3-4-8-9-7(6)10;1-4(2)8-3-5(9)7-6(8)10;1-4(2)8-5(9)6-3-7-8/h3-5H,1-2H3,(H,9,10);4H,3H2,1-2H3,(H,7,9,10);3-4H,1-2H3,(H,6,7,9). The summed E-state index contributed by atoms with van der Waals surface area (Å²) >= 11 is 0. The van der Waals surface area contributed by atoms with Gasteiger partial charge in [-0.1, -0.05) is 13.8 Å². The Morgan fingerprint density at radius 1 is 1.00 bits per heavy atom. The normalized spacial score (nSPS) is 13.2. The van der Waals surface area contributed by atoms with Crippen molar-refractivity contribution >= 4 is 11.9 Å². The van der Waals surface area contributed by atoms with Crippen LogP contribution < -0.4 is 16.6 Å². The van der Waals surface area contributed by atoms with Gasteiger partial charge in [0.15, 0.2) is 0 Å². The Balaban J connectivity index is 0.000000218. The Bertz CT molecular complexity index is 911. The van der Waals surface area contributed by atoms with Crippen LogP contribution in [-0.4, -0.2) is 54.4 Å². The van der Waals surface area contributed by atoms with Gasteiger partial charge >= 0.3 is 11.7 Å². The Hall–Kier alpha value is -3.24. The maximum Gasteiger partial charge on any atom is 0.343 e. The number of rotatable bonds is 3. The molecule has 2 aromatic rings. The molecular weight excluding hydrogens is 378 g/mol. The summed E-state index contributed by atoms with van der Waals surface area (Å²) in [5, 5.41) is 11.9. The van der Waals surface area contributed by atoms with Crippen LogP contribution >= 0.6 is 0 Å². The molecule has 0 unspecified atom stereocenters. The summed E-state index contributed by atoms with van der Waals surface area (Å²) in [6.07, 6.45) is 2.99. The van der Waals surface area contributed by atoms with Crippen LogP contribution in [-0.2, 0) is 4.79 Å². The Kier molecular flexibility index (Phi) is 8.97. The molecule has 29 heavy (non-hydrogen) atoms. The van der Waals surface area contributed by atoms with Gasteiger partial charge in [-0.3, -0.25) is 19.9 Å². The lowest BCUT2D eigenvalue weighted by atomic mass is 10.1. The van der Waals surface area contributed by atoms with Crippen LogP contribution in [0, 0.1) is 0 Å². The molecule has 11 nitrogen and oxygen atoms in total. The van der Waals surface area contributed by atoms with Crippen LogP contribution in [0.15, 0.2) is 28.2 Å². The third-order valence-electron chi connectivity index (χ3n) is 3.89. The summed E-state index contributed by atoms with van der Waals surface area (Å²) in [4.78, 5) is 47.0. The van der Waals surface area contributed by atoms with E-state index in [0.717, 1.165) is 5.56 Å². The van der Waals surface area contributed by atoms with Gasteiger partial charge < -0.3 is 4.90 Å². The maximum atomic E-state index is 10.9. The summed E-state index contributed by atoms with van der Waals surface area (Å²) in [6.45, 7) is 11.7. The van der Waals surface area contributed by atoms with E-state index < -0.39 is 0 Å². The molecular formula is C18H29N7O4. The molecule has 1 fully saturated rings. The highest BCUT2D eigenvalue weighted by Gasteiger charge is 2.28. The average molecular weight is 407 g/mol. The van der Waals surface area contributed by atoms with Crippen LogP contribution in [0.4, 0.5) is 4.79 Å². The zero-order valence-electron chi connectivity index (χ0n) is 17.6. The van der Waals surface area contributed by atoms with Crippen molar-refractivity contribution < 1.29 is 9.59 Å². The number of aromatic amines is 2. The third kappa shape index (κ3) is 7.35. The molecule has 2 aromatic heterocycles. The lowest BCUT2D eigenvalue weighted by molar-refractivity contribution is -0.118. The maximum absolute atomic E-state index is 10.9. The fraction of sp³-hybridized carbons (Fsp3) is 0.556. The number of carbonyl (C=O) groups is 2. The SMILES string of the molecule is CC(C)N1CC(=O)NC1=O.CC(C)c1ccn[nH]c1=O.CC(C)n1nc[nH]c1=O. The smallest absolute Gasteiger partial charge is 0.313 e. The molecule has 0 aromatic carbocycles. The van der Waals surface area contributed by atoms with Gasteiger partial charge in [0.1, 0.15) is 12.9 Å². The first-order valence-electron chi connectivity index (χ1n) is 9.30. The van der Waals surface area contributed by atoms with E-state index in [1.807, 2.05) is 41.5 Å². The minimum Gasteiger partial charge on any atom is -0.313 e. The molecule has 0 radical (unpaired) electrons. The van der Waals surface area contributed by atoms with E-state index >= 15 is 0 Å². The van der Waals surface area contributed by atoms with E-state index in [1.54, 1.807) is 12.3 Å². The van der Waals surface area contributed by atoms with E-state index in [0.29, 0.717) is 0 Å². The molecule has 0 atom stereocenters. The summed E-state index contributed by atoms with van der Waals surface area (Å²) in [7, 11) is 0. The number of urea groups is 1. The second-order valence-corrected chi connectivity index (χ2v) is 7.20. The zero-order valence-corrected chi connectivity index (χ0v) is 17.6. The molecule has 1 aliphatic rings. The van der Waals surface area contributed by atoms with Gasteiger partial charge in [-0.2, -0.15) is 10.2 Å². The van der Waals surface area contributed by atoms with E-state index in [1.165, 1.54) is 15.9 Å². The summed E-state index contributed by atoms with van der Waals surface area (Å²) in [5.74, 6) is 0.0606. The lowest BCUT2D eigenvalue weighted by Gasteiger charge is -2.16. The Morgan fingerprint density at radius 3 is 1.93 bits per heavy atom. The number of nitrogens with zero attached hydrogens (tertiary/aromatic N) is 4. The van der Waals surface area contributed by atoms with Gasteiger partial charge in [0, 0.05) is 17.8 Å². The highest BCUT2D eigenvalue weighted by Crippen LogP contribution is 2.05. The molecule has 0 bridgehead atoms. The molecule has 0 spiro atoms. The predicted molar refractivity (Wildman–Crippen MR) is 108 cm³/mol. The summed E-state index contributed by atoms with van der Waals surface area (Å²) < 4.78 is 1.39. The minimum absolute atomic E-state index is 0.0856. The van der Waals surface area contributed by atoms with Crippen molar-refractivity contribution in [1.82, 2.24) is 35.2 Å². The fourth-order valence-electron chi connectivity index (χ4n) is 2.32. The van der Waals surface area contributed by atoms with Gasteiger partial charge in [-0.25, -0.2) is 19.4 Å². The molecule has 3 N–H and O–H groups in total. The minimum atomic E-state index is -0.278. The lowest BCUT2D eigenvalue weighted by Crippen LogP contribution is -2.33. The highest BCUT2D eigenvalue weighted by atomic mass is 16.2. The van der Waals surface area contributed by atoms with Crippen molar-refractivity contribution in [2.45, 2.75) is 59.5 Å². The van der Waals surface area contributed by atoms with Gasteiger partial charge in [0.25, 0.3) is 5.56 Å². The van der Waals surface area contributed by atoms with Crippen molar-refractivity contribution in [2.24, 2.45) is 0 Å². The highest BCUT2D eigenvalue weighted by molar-refractivity contribution is 6.01. The number of nitrogens with one attached hydrogen (secondary N) is 3. The van der Waals surface area contributed by atoms with E-state index in [2.05, 4.69) is 25.6 Å². The Morgan fingerprint density at radius 2 is 1.66 bits per heavy atom. The molecule has 0 aliphatic carbocycles. The van der Waals surface area contributed by atoms with Crippen molar-refractivity contribution in [3.63, 3.8) is 0 Å². The number of amides is 3. The average Bonchev–Trinajstić information content (AvgIpc) is 3.21. The van der Waals surface area contributed by atoms with Crippen molar-refractivity contribution in [3.05, 3.63) is 45.0 Å². The van der Waals surface area contributed by atoms with E-state index in [9.17, 15) is 19.2 Å². The van der Waals surface area contributed by atoms with Crippen molar-refractivity contribution in [3.8, 4) is 0 Å². The zero-order chi connectivity index (χ0) is 22.1. The van der Waals surface area contributed by atoms with Gasteiger partial charge in [-0.15, -0.1) is 0 Å². The topological polar surface area (TPSA) is 146 Å². The monoisotopic (exact) mass is 407 g/mol. The quantitative estimate of drug-likeness (QED) is 0.647. The van der Waals surface area contributed by atoms with Gasteiger partial charge in [0.05, 0.1) is 6.04 Å². The summed E-state index contributed by atoms with van der Waals surface area (Å²) in [5.41, 5.74) is 0.553. The Labute approximate surface area is 168 Å². The summed E-state index contributed by atoms with van der Waals surface area (Å²) in [6, 6.07) is 1.71. The van der Waals surface area contributed by atoms with Crippen LogP contribution in [0.25, 0.3) is 0 Å². The molecule has 160 valence electrons. The molecule has 1 saturated heterocycles. The van der Waals surface area contributed by atoms with Crippen LogP contribution in [0.5, 0.6) is 0 Å². The molecule has 3 rings (SSSR count). The molecule has 1 aliphatic heterocycles. The van der Waals surface area contributed by atoms with Gasteiger partial charge in [-0.05, 0) is 39.7 Å². The number of H-pyrrole nitrogens is 2. The molecule has 0 saturated carbocycles. The number of imide groups is 1. The van der Waals surface area contributed by atoms with Crippen LogP contribution in [0.2, 0.25) is 0 Å². The van der Waals surface area contributed by atoms with Crippen LogP contribution in [0.1, 0.15) is 59.1 Å². The van der Waals surface area contributed by atoms with E-state index in [-0.39, 0.29) is 47.7 Å². The van der Waals surface area contributed by atoms with Crippen molar-refractivity contribution in [1.29, 1.82) is 0 Å². The first-order chi connectivity index (χ1) is 13.5. The molecule has 3 heterocycles. The number of carbonyl (C=O) groups excluding carboxylic acids is 2. The number of aromatic nitrogens is 5. The predicted octanol–water partition coefficient (Wildman–Crippen LogP) is 0.992. The first-order valence-corrected chi connectivity index (χ1v) is 9.30. The fourth-order valence-corrected chi connectivity index (χ4v) is 2.32. The largest absolute Gasteiger partial charge is 0.343 e. The van der Waals surface area contributed by atoms with E-state index in [4.69, 9.17) is 0 Å². The van der Waals surface area contributed by atoms with Crippen molar-refractivity contribution in [2.75, 3.05) is 6.54 Å².